The van der Waals surface area contributed by atoms with Crippen LogP contribution < -0.4 is 4.74 Å². The lowest BCUT2D eigenvalue weighted by Crippen LogP contribution is -1.90. The Hall–Kier alpha value is -0.940. The first-order valence-corrected chi connectivity index (χ1v) is 6.75. The largest absolute Gasteiger partial charge is 0.494 e. The molecule has 0 aliphatic heterocycles. The second-order valence-electron chi connectivity index (χ2n) is 3.44. The molecule has 1 aromatic heterocycles. The minimum Gasteiger partial charge on any atom is -0.494 e. The van der Waals surface area contributed by atoms with E-state index in [4.69, 9.17) is 4.74 Å². The van der Waals surface area contributed by atoms with Crippen LogP contribution in [-0.2, 0) is 6.42 Å². The third-order valence-electron chi connectivity index (χ3n) is 2.42. The molecule has 0 unspecified atom stereocenters. The maximum Gasteiger partial charge on any atom is 0.165 e. The van der Waals surface area contributed by atoms with Crippen molar-refractivity contribution in [1.82, 2.24) is 4.98 Å². The average molecular weight is 316 g/mol. The van der Waals surface area contributed by atoms with Crippen LogP contribution in [0, 0.1) is 5.82 Å². The number of aryl methyl sites for hydroxylation is 1. The summed E-state index contributed by atoms with van der Waals surface area (Å²) in [7, 11) is 1.45. The van der Waals surface area contributed by atoms with Gasteiger partial charge in [0, 0.05) is 10.4 Å². The maximum absolute atomic E-state index is 13.6. The van der Waals surface area contributed by atoms with E-state index >= 15 is 0 Å². The van der Waals surface area contributed by atoms with Crippen molar-refractivity contribution in [2.45, 2.75) is 13.3 Å². The van der Waals surface area contributed by atoms with Crippen LogP contribution >= 0.6 is 27.3 Å². The van der Waals surface area contributed by atoms with Crippen LogP contribution in [0.15, 0.2) is 22.1 Å². The zero-order chi connectivity index (χ0) is 12.4. The summed E-state index contributed by atoms with van der Waals surface area (Å²) < 4.78 is 19.3. The zero-order valence-corrected chi connectivity index (χ0v) is 11.9. The van der Waals surface area contributed by atoms with Gasteiger partial charge in [-0.15, -0.1) is 11.3 Å². The van der Waals surface area contributed by atoms with Gasteiger partial charge in [-0.1, -0.05) is 6.92 Å². The van der Waals surface area contributed by atoms with E-state index in [1.54, 1.807) is 17.4 Å². The molecule has 2 rings (SSSR count). The molecule has 2 aromatic rings. The lowest BCUT2D eigenvalue weighted by atomic mass is 10.1. The van der Waals surface area contributed by atoms with E-state index in [2.05, 4.69) is 27.8 Å². The van der Waals surface area contributed by atoms with Crippen molar-refractivity contribution in [2.24, 2.45) is 0 Å². The molecule has 0 fully saturated rings. The van der Waals surface area contributed by atoms with E-state index in [-0.39, 0.29) is 11.6 Å². The fraction of sp³-hybridized carbons (Fsp3) is 0.250. The van der Waals surface area contributed by atoms with Gasteiger partial charge < -0.3 is 4.74 Å². The fourth-order valence-corrected chi connectivity index (χ4v) is 3.11. The quantitative estimate of drug-likeness (QED) is 0.843. The van der Waals surface area contributed by atoms with Crippen molar-refractivity contribution < 1.29 is 9.13 Å². The van der Waals surface area contributed by atoms with Crippen LogP contribution in [0.3, 0.4) is 0 Å². The number of methoxy groups -OCH3 is 1. The van der Waals surface area contributed by atoms with Crippen LogP contribution in [0.25, 0.3) is 11.3 Å². The number of hydrogen-bond donors (Lipinski definition) is 0. The van der Waals surface area contributed by atoms with Gasteiger partial charge in [-0.25, -0.2) is 9.37 Å². The second kappa shape index (κ2) is 5.14. The third-order valence-corrected chi connectivity index (χ3v) is 4.07. The molecule has 0 radical (unpaired) electrons. The number of ether oxygens (including phenoxy) is 1. The summed E-state index contributed by atoms with van der Waals surface area (Å²) >= 11 is 4.93. The highest BCUT2D eigenvalue weighted by atomic mass is 79.9. The Bertz CT molecular complexity index is 541. The number of rotatable bonds is 3. The van der Waals surface area contributed by atoms with Crippen LogP contribution in [0.5, 0.6) is 5.75 Å². The number of thiazole rings is 1. The Kier molecular flexibility index (Phi) is 3.79. The van der Waals surface area contributed by atoms with Crippen molar-refractivity contribution in [3.63, 3.8) is 0 Å². The van der Waals surface area contributed by atoms with Gasteiger partial charge in [-0.05, 0) is 40.5 Å². The molecule has 0 bridgehead atoms. The summed E-state index contributed by atoms with van der Waals surface area (Å²) in [6.07, 6.45) is 0.881. The normalized spacial score (nSPS) is 10.6. The molecule has 1 heterocycles. The molecule has 0 spiro atoms. The third kappa shape index (κ3) is 2.50. The molecule has 0 saturated heterocycles. The van der Waals surface area contributed by atoms with Crippen LogP contribution in [0.1, 0.15) is 11.8 Å². The molecule has 5 heteroatoms. The SMILES string of the molecule is CCc1sc(Br)nc1-c1ccc(OC)c(F)c1. The standard InChI is InChI=1S/C12H11BrFNOS/c1-3-10-11(15-12(13)17-10)7-4-5-9(16-2)8(14)6-7/h4-6H,3H2,1-2H3. The van der Waals surface area contributed by atoms with E-state index in [1.165, 1.54) is 13.2 Å². The Morgan fingerprint density at radius 2 is 2.24 bits per heavy atom. The average Bonchev–Trinajstić information content (AvgIpc) is 2.70. The van der Waals surface area contributed by atoms with Crippen LogP contribution in [0.4, 0.5) is 4.39 Å². The van der Waals surface area contributed by atoms with E-state index in [1.807, 2.05) is 6.07 Å². The summed E-state index contributed by atoms with van der Waals surface area (Å²) in [6.45, 7) is 2.06. The van der Waals surface area contributed by atoms with E-state index in [9.17, 15) is 4.39 Å². The second-order valence-corrected chi connectivity index (χ2v) is 5.80. The number of hydrogen-bond acceptors (Lipinski definition) is 3. The first kappa shape index (κ1) is 12.5. The van der Waals surface area contributed by atoms with Crippen molar-refractivity contribution in [2.75, 3.05) is 7.11 Å². The number of halogens is 2. The molecule has 0 N–H and O–H groups in total. The predicted octanol–water partition coefficient (Wildman–Crippen LogP) is 4.28. The highest BCUT2D eigenvalue weighted by molar-refractivity contribution is 9.11. The molecule has 90 valence electrons. The number of aromatic nitrogens is 1. The van der Waals surface area contributed by atoms with Crippen LogP contribution in [0.2, 0.25) is 0 Å². The van der Waals surface area contributed by atoms with Gasteiger partial charge in [0.15, 0.2) is 15.5 Å². The topological polar surface area (TPSA) is 22.1 Å². The van der Waals surface area contributed by atoms with Gasteiger partial charge >= 0.3 is 0 Å². The maximum atomic E-state index is 13.6. The lowest BCUT2D eigenvalue weighted by molar-refractivity contribution is 0.386. The summed E-state index contributed by atoms with van der Waals surface area (Å²) in [6, 6.07) is 4.90. The molecule has 1 aromatic carbocycles. The highest BCUT2D eigenvalue weighted by Gasteiger charge is 2.12. The van der Waals surface area contributed by atoms with Gasteiger partial charge in [0.1, 0.15) is 0 Å². The molecule has 0 saturated carbocycles. The van der Waals surface area contributed by atoms with Gasteiger partial charge in [0.25, 0.3) is 0 Å². The predicted molar refractivity (Wildman–Crippen MR) is 71.1 cm³/mol. The van der Waals surface area contributed by atoms with Crippen molar-refractivity contribution in [3.05, 3.63) is 32.8 Å². The first-order valence-electron chi connectivity index (χ1n) is 5.14. The van der Waals surface area contributed by atoms with E-state index in [0.717, 1.165) is 26.5 Å². The van der Waals surface area contributed by atoms with Crippen molar-refractivity contribution >= 4 is 27.3 Å². The summed E-state index contributed by atoms with van der Waals surface area (Å²) in [4.78, 5) is 5.52. The van der Waals surface area contributed by atoms with E-state index < -0.39 is 0 Å². The lowest BCUT2D eigenvalue weighted by Gasteiger charge is -2.04. The molecule has 0 atom stereocenters. The summed E-state index contributed by atoms with van der Waals surface area (Å²) in [5, 5.41) is 0. The Morgan fingerprint density at radius 1 is 1.47 bits per heavy atom. The molecule has 0 aliphatic carbocycles. The number of nitrogens with zero attached hydrogens (tertiary/aromatic N) is 1. The Balaban J connectivity index is 2.49. The molecule has 2 nitrogen and oxygen atoms in total. The number of benzene rings is 1. The Labute approximate surface area is 112 Å². The Morgan fingerprint density at radius 3 is 2.82 bits per heavy atom. The monoisotopic (exact) mass is 315 g/mol. The van der Waals surface area contributed by atoms with Gasteiger partial charge in [-0.2, -0.15) is 0 Å². The van der Waals surface area contributed by atoms with Crippen LogP contribution in [-0.4, -0.2) is 12.1 Å². The molecule has 0 aliphatic rings. The molecular weight excluding hydrogens is 305 g/mol. The minimum absolute atomic E-state index is 0.251. The minimum atomic E-state index is -0.365. The highest BCUT2D eigenvalue weighted by Crippen LogP contribution is 2.33. The fourth-order valence-electron chi connectivity index (χ4n) is 1.60. The van der Waals surface area contributed by atoms with Gasteiger partial charge in [0.05, 0.1) is 12.8 Å². The zero-order valence-electron chi connectivity index (χ0n) is 9.46. The smallest absolute Gasteiger partial charge is 0.165 e. The molecule has 0 amide bonds. The van der Waals surface area contributed by atoms with E-state index in [0.29, 0.717) is 0 Å². The molecule has 17 heavy (non-hydrogen) atoms. The van der Waals surface area contributed by atoms with Gasteiger partial charge in [0.2, 0.25) is 0 Å². The summed E-state index contributed by atoms with van der Waals surface area (Å²) in [5.41, 5.74) is 1.62. The van der Waals surface area contributed by atoms with Gasteiger partial charge in [-0.3, -0.25) is 0 Å². The molecular formula is C12H11BrFNOS. The van der Waals surface area contributed by atoms with Crippen molar-refractivity contribution in [1.29, 1.82) is 0 Å². The van der Waals surface area contributed by atoms with Crippen molar-refractivity contribution in [3.8, 4) is 17.0 Å². The first-order chi connectivity index (χ1) is 8.15. The summed E-state index contributed by atoms with van der Waals surface area (Å²) in [5.74, 6) is -0.114.